The summed E-state index contributed by atoms with van der Waals surface area (Å²) in [4.78, 5) is 4.08. The molecule has 2 aromatic heterocycles. The maximum absolute atomic E-state index is 5.57. The molecule has 0 saturated heterocycles. The first-order valence-corrected chi connectivity index (χ1v) is 5.33. The number of nitrogens with zero attached hydrogens (tertiary/aromatic N) is 5. The Hall–Kier alpha value is -1.69. The zero-order chi connectivity index (χ0) is 11.5. The van der Waals surface area contributed by atoms with E-state index in [2.05, 4.69) is 28.2 Å². The lowest BCUT2D eigenvalue weighted by Gasteiger charge is -2.04. The average Bonchev–Trinajstić information content (AvgIpc) is 2.86. The van der Waals surface area contributed by atoms with Crippen LogP contribution in [0.1, 0.15) is 24.1 Å². The molecule has 0 aromatic carbocycles. The molecule has 0 fully saturated rings. The van der Waals surface area contributed by atoms with Gasteiger partial charge in [-0.15, -0.1) is 0 Å². The van der Waals surface area contributed by atoms with Gasteiger partial charge in [0, 0.05) is 7.05 Å². The SMILES string of the molecule is CCc1cc(Cn2ncnc2CN)n(C)n1. The summed E-state index contributed by atoms with van der Waals surface area (Å²) in [6.07, 6.45) is 2.47. The van der Waals surface area contributed by atoms with Gasteiger partial charge in [0.15, 0.2) is 0 Å². The summed E-state index contributed by atoms with van der Waals surface area (Å²) in [5.74, 6) is 0.791. The Morgan fingerprint density at radius 2 is 2.25 bits per heavy atom. The van der Waals surface area contributed by atoms with Crippen LogP contribution in [-0.4, -0.2) is 24.5 Å². The van der Waals surface area contributed by atoms with Gasteiger partial charge in [-0.05, 0) is 12.5 Å². The molecule has 0 aliphatic rings. The summed E-state index contributed by atoms with van der Waals surface area (Å²) < 4.78 is 3.68. The zero-order valence-corrected chi connectivity index (χ0v) is 9.59. The first-order chi connectivity index (χ1) is 7.74. The molecule has 2 heterocycles. The van der Waals surface area contributed by atoms with Crippen molar-refractivity contribution in [2.24, 2.45) is 12.8 Å². The number of hydrogen-bond donors (Lipinski definition) is 1. The number of nitrogens with two attached hydrogens (primary N) is 1. The van der Waals surface area contributed by atoms with Crippen LogP contribution in [0.3, 0.4) is 0 Å². The highest BCUT2D eigenvalue weighted by molar-refractivity contribution is 5.10. The molecule has 2 rings (SSSR count). The molecule has 16 heavy (non-hydrogen) atoms. The Morgan fingerprint density at radius 3 is 2.88 bits per heavy atom. The Morgan fingerprint density at radius 1 is 1.44 bits per heavy atom. The van der Waals surface area contributed by atoms with E-state index in [9.17, 15) is 0 Å². The third-order valence-corrected chi connectivity index (χ3v) is 2.58. The summed E-state index contributed by atoms with van der Waals surface area (Å²) in [6, 6.07) is 2.09. The van der Waals surface area contributed by atoms with Gasteiger partial charge in [0.25, 0.3) is 0 Å². The van der Waals surface area contributed by atoms with Crippen molar-refractivity contribution in [1.29, 1.82) is 0 Å². The molecule has 0 radical (unpaired) electrons. The molecule has 0 atom stereocenters. The first kappa shape index (κ1) is 10.8. The molecule has 0 aliphatic heterocycles. The van der Waals surface area contributed by atoms with Crippen molar-refractivity contribution < 1.29 is 0 Å². The minimum absolute atomic E-state index is 0.401. The number of aromatic nitrogens is 5. The molecule has 86 valence electrons. The van der Waals surface area contributed by atoms with E-state index < -0.39 is 0 Å². The standard InChI is InChI=1S/C10H16N6/c1-3-8-4-9(15(2)14-8)6-16-10(5-11)12-7-13-16/h4,7H,3,5-6,11H2,1-2H3. The molecular formula is C10H16N6. The highest BCUT2D eigenvalue weighted by atomic mass is 15.4. The van der Waals surface area contributed by atoms with Gasteiger partial charge >= 0.3 is 0 Å². The highest BCUT2D eigenvalue weighted by Gasteiger charge is 2.07. The topological polar surface area (TPSA) is 74.6 Å². The highest BCUT2D eigenvalue weighted by Crippen LogP contribution is 2.06. The smallest absolute Gasteiger partial charge is 0.141 e. The number of rotatable bonds is 4. The molecule has 0 bridgehead atoms. The minimum Gasteiger partial charge on any atom is -0.324 e. The van der Waals surface area contributed by atoms with Crippen LogP contribution in [-0.2, 0) is 26.6 Å². The van der Waals surface area contributed by atoms with Crippen LogP contribution in [0.5, 0.6) is 0 Å². The maximum atomic E-state index is 5.57. The lowest BCUT2D eigenvalue weighted by atomic mass is 10.3. The van der Waals surface area contributed by atoms with Gasteiger partial charge < -0.3 is 5.73 Å². The van der Waals surface area contributed by atoms with Gasteiger partial charge in [-0.25, -0.2) is 9.67 Å². The van der Waals surface area contributed by atoms with E-state index in [-0.39, 0.29) is 0 Å². The van der Waals surface area contributed by atoms with Crippen molar-refractivity contribution in [3.05, 3.63) is 29.6 Å². The first-order valence-electron chi connectivity index (χ1n) is 5.33. The number of aryl methyl sites for hydroxylation is 2. The molecule has 2 aromatic rings. The van der Waals surface area contributed by atoms with Gasteiger partial charge in [0.2, 0.25) is 0 Å². The van der Waals surface area contributed by atoms with Crippen molar-refractivity contribution in [3.8, 4) is 0 Å². The second-order valence-electron chi connectivity index (χ2n) is 3.64. The van der Waals surface area contributed by atoms with Gasteiger partial charge in [0.05, 0.1) is 24.5 Å². The molecule has 0 unspecified atom stereocenters. The van der Waals surface area contributed by atoms with Crippen LogP contribution in [0, 0.1) is 0 Å². The Balaban J connectivity index is 2.23. The van der Waals surface area contributed by atoms with E-state index in [0.717, 1.165) is 23.6 Å². The third-order valence-electron chi connectivity index (χ3n) is 2.58. The molecule has 2 N–H and O–H groups in total. The van der Waals surface area contributed by atoms with Crippen LogP contribution in [0.15, 0.2) is 12.4 Å². The van der Waals surface area contributed by atoms with Gasteiger partial charge in [-0.2, -0.15) is 10.2 Å². The average molecular weight is 220 g/mol. The molecule has 6 heteroatoms. The van der Waals surface area contributed by atoms with Crippen LogP contribution in [0.2, 0.25) is 0 Å². The Bertz CT molecular complexity index is 469. The summed E-state index contributed by atoms with van der Waals surface area (Å²) in [7, 11) is 1.94. The summed E-state index contributed by atoms with van der Waals surface area (Å²) >= 11 is 0. The second kappa shape index (κ2) is 4.44. The minimum atomic E-state index is 0.401. The van der Waals surface area contributed by atoms with E-state index in [0.29, 0.717) is 13.1 Å². The lowest BCUT2D eigenvalue weighted by molar-refractivity contribution is 0.591. The largest absolute Gasteiger partial charge is 0.324 e. The summed E-state index contributed by atoms with van der Waals surface area (Å²) in [5.41, 5.74) is 7.77. The van der Waals surface area contributed by atoms with Crippen molar-refractivity contribution in [2.45, 2.75) is 26.4 Å². The Kier molecular flexibility index (Phi) is 3.00. The van der Waals surface area contributed by atoms with Crippen LogP contribution < -0.4 is 5.73 Å². The fraction of sp³-hybridized carbons (Fsp3) is 0.500. The van der Waals surface area contributed by atoms with Crippen molar-refractivity contribution >= 4 is 0 Å². The van der Waals surface area contributed by atoms with Crippen molar-refractivity contribution in [1.82, 2.24) is 24.5 Å². The fourth-order valence-electron chi connectivity index (χ4n) is 1.62. The van der Waals surface area contributed by atoms with E-state index in [4.69, 9.17) is 5.73 Å². The monoisotopic (exact) mass is 220 g/mol. The zero-order valence-electron chi connectivity index (χ0n) is 9.59. The molecule has 0 aliphatic carbocycles. The quantitative estimate of drug-likeness (QED) is 0.792. The third kappa shape index (κ3) is 1.96. The Labute approximate surface area is 94.1 Å². The normalized spacial score (nSPS) is 10.9. The van der Waals surface area contributed by atoms with Gasteiger partial charge in [0.1, 0.15) is 12.2 Å². The van der Waals surface area contributed by atoms with Crippen LogP contribution in [0.25, 0.3) is 0 Å². The van der Waals surface area contributed by atoms with Crippen molar-refractivity contribution in [2.75, 3.05) is 0 Å². The fourth-order valence-corrected chi connectivity index (χ4v) is 1.62. The van der Waals surface area contributed by atoms with Gasteiger partial charge in [-0.3, -0.25) is 4.68 Å². The van der Waals surface area contributed by atoms with Crippen LogP contribution >= 0.6 is 0 Å². The van der Waals surface area contributed by atoms with Gasteiger partial charge in [-0.1, -0.05) is 6.92 Å². The molecule has 0 spiro atoms. The predicted molar refractivity (Wildman–Crippen MR) is 59.6 cm³/mol. The second-order valence-corrected chi connectivity index (χ2v) is 3.64. The predicted octanol–water partition coefficient (Wildman–Crippen LogP) is 0.0810. The number of hydrogen-bond acceptors (Lipinski definition) is 4. The summed E-state index contributed by atoms with van der Waals surface area (Å²) in [6.45, 7) is 3.15. The van der Waals surface area contributed by atoms with E-state index in [1.807, 2.05) is 11.7 Å². The molecule has 6 nitrogen and oxygen atoms in total. The van der Waals surface area contributed by atoms with Crippen LogP contribution in [0.4, 0.5) is 0 Å². The van der Waals surface area contributed by atoms with E-state index in [1.165, 1.54) is 6.33 Å². The summed E-state index contributed by atoms with van der Waals surface area (Å²) in [5, 5.41) is 8.53. The van der Waals surface area contributed by atoms with E-state index in [1.54, 1.807) is 4.68 Å². The lowest BCUT2D eigenvalue weighted by Crippen LogP contribution is -2.12. The molecule has 0 saturated carbocycles. The van der Waals surface area contributed by atoms with E-state index >= 15 is 0 Å². The molecular weight excluding hydrogens is 204 g/mol. The maximum Gasteiger partial charge on any atom is 0.141 e. The van der Waals surface area contributed by atoms with Crippen molar-refractivity contribution in [3.63, 3.8) is 0 Å². The molecule has 0 amide bonds.